The maximum absolute atomic E-state index is 12.4. The zero-order valence-corrected chi connectivity index (χ0v) is 12.8. The number of nitrogens with one attached hydrogen (secondary N) is 2. The highest BCUT2D eigenvalue weighted by molar-refractivity contribution is 6.09. The first-order chi connectivity index (χ1) is 11.2. The minimum atomic E-state index is -0.636. The van der Waals surface area contributed by atoms with E-state index in [4.69, 9.17) is 0 Å². The SMILES string of the molecule is O=C(NCCN1CCNC1=O)[C@H]1CCN(c2ccccc2)C1=O. The summed E-state index contributed by atoms with van der Waals surface area (Å²) in [4.78, 5) is 39.3. The van der Waals surface area contributed by atoms with Crippen molar-refractivity contribution in [1.82, 2.24) is 15.5 Å². The van der Waals surface area contributed by atoms with Crippen LogP contribution in [0.3, 0.4) is 0 Å². The van der Waals surface area contributed by atoms with Gasteiger partial charge in [-0.15, -0.1) is 0 Å². The van der Waals surface area contributed by atoms with Crippen molar-refractivity contribution in [2.45, 2.75) is 6.42 Å². The van der Waals surface area contributed by atoms with E-state index in [1.54, 1.807) is 9.80 Å². The predicted octanol–water partition coefficient (Wildman–Crippen LogP) is 0.181. The molecule has 7 heteroatoms. The maximum Gasteiger partial charge on any atom is 0.317 e. The number of rotatable bonds is 5. The number of urea groups is 1. The predicted molar refractivity (Wildman–Crippen MR) is 84.9 cm³/mol. The van der Waals surface area contributed by atoms with E-state index in [-0.39, 0.29) is 17.8 Å². The minimum absolute atomic E-state index is 0.105. The normalized spacial score (nSPS) is 20.8. The van der Waals surface area contributed by atoms with E-state index in [9.17, 15) is 14.4 Å². The van der Waals surface area contributed by atoms with Crippen molar-refractivity contribution in [2.75, 3.05) is 37.6 Å². The molecule has 1 aromatic carbocycles. The van der Waals surface area contributed by atoms with Crippen molar-refractivity contribution in [3.8, 4) is 0 Å². The largest absolute Gasteiger partial charge is 0.354 e. The van der Waals surface area contributed by atoms with E-state index in [0.717, 1.165) is 5.69 Å². The Bertz CT molecular complexity index is 605. The Morgan fingerprint density at radius 2 is 2.00 bits per heavy atom. The number of hydrogen-bond acceptors (Lipinski definition) is 3. The fourth-order valence-electron chi connectivity index (χ4n) is 2.95. The lowest BCUT2D eigenvalue weighted by atomic mass is 10.1. The third-order valence-electron chi connectivity index (χ3n) is 4.22. The molecular weight excluding hydrogens is 296 g/mol. The van der Waals surface area contributed by atoms with E-state index < -0.39 is 5.92 Å². The Balaban J connectivity index is 1.50. The monoisotopic (exact) mass is 316 g/mol. The van der Waals surface area contributed by atoms with Crippen molar-refractivity contribution < 1.29 is 14.4 Å². The van der Waals surface area contributed by atoms with Gasteiger partial charge in [0.15, 0.2) is 0 Å². The maximum atomic E-state index is 12.4. The molecule has 2 aliphatic heterocycles. The molecule has 0 aromatic heterocycles. The van der Waals surface area contributed by atoms with Crippen molar-refractivity contribution in [3.05, 3.63) is 30.3 Å². The van der Waals surface area contributed by atoms with Gasteiger partial charge in [-0.3, -0.25) is 9.59 Å². The van der Waals surface area contributed by atoms with E-state index in [0.29, 0.717) is 39.1 Å². The first-order valence-electron chi connectivity index (χ1n) is 7.84. The van der Waals surface area contributed by atoms with Crippen molar-refractivity contribution >= 4 is 23.5 Å². The van der Waals surface area contributed by atoms with Crippen LogP contribution in [0.15, 0.2) is 30.3 Å². The molecule has 2 heterocycles. The molecule has 2 fully saturated rings. The molecule has 3 rings (SSSR count). The standard InChI is InChI=1S/C16H20N4O3/c21-14(17-7-10-19-11-8-18-16(19)23)13-6-9-20(15(13)22)12-4-2-1-3-5-12/h1-5,13H,6-11H2,(H,17,21)(H,18,23)/t13-/m1/s1. The second kappa shape index (κ2) is 6.68. The number of hydrogen-bond donors (Lipinski definition) is 2. The molecule has 122 valence electrons. The second-order valence-corrected chi connectivity index (χ2v) is 5.68. The Kier molecular flexibility index (Phi) is 4.45. The quantitative estimate of drug-likeness (QED) is 0.760. The molecule has 23 heavy (non-hydrogen) atoms. The van der Waals surface area contributed by atoms with E-state index >= 15 is 0 Å². The Hall–Kier alpha value is -2.57. The fraction of sp³-hybridized carbons (Fsp3) is 0.438. The number of amides is 4. The summed E-state index contributed by atoms with van der Waals surface area (Å²) in [5, 5.41) is 5.47. The lowest BCUT2D eigenvalue weighted by Gasteiger charge is -2.17. The third kappa shape index (κ3) is 3.28. The van der Waals surface area contributed by atoms with Crippen LogP contribution in [-0.2, 0) is 9.59 Å². The summed E-state index contributed by atoms with van der Waals surface area (Å²) >= 11 is 0. The first kappa shape index (κ1) is 15.3. The Labute approximate surface area is 134 Å². The van der Waals surface area contributed by atoms with Gasteiger partial charge < -0.3 is 20.4 Å². The van der Waals surface area contributed by atoms with Gasteiger partial charge in [0.1, 0.15) is 5.92 Å². The molecule has 0 bridgehead atoms. The van der Waals surface area contributed by atoms with Crippen LogP contribution in [-0.4, -0.2) is 55.5 Å². The molecule has 7 nitrogen and oxygen atoms in total. The van der Waals surface area contributed by atoms with Crippen molar-refractivity contribution in [2.24, 2.45) is 5.92 Å². The summed E-state index contributed by atoms with van der Waals surface area (Å²) in [5.41, 5.74) is 0.821. The van der Waals surface area contributed by atoms with Crippen LogP contribution < -0.4 is 15.5 Å². The molecule has 0 aliphatic carbocycles. The van der Waals surface area contributed by atoms with Crippen LogP contribution in [0.1, 0.15) is 6.42 Å². The van der Waals surface area contributed by atoms with Crippen LogP contribution in [0.25, 0.3) is 0 Å². The molecular formula is C16H20N4O3. The minimum Gasteiger partial charge on any atom is -0.354 e. The molecule has 0 radical (unpaired) electrons. The van der Waals surface area contributed by atoms with Gasteiger partial charge in [0.05, 0.1) is 0 Å². The lowest BCUT2D eigenvalue weighted by molar-refractivity contribution is -0.132. The van der Waals surface area contributed by atoms with Crippen LogP contribution >= 0.6 is 0 Å². The van der Waals surface area contributed by atoms with Crippen LogP contribution in [0.4, 0.5) is 10.5 Å². The van der Waals surface area contributed by atoms with Gasteiger partial charge in [-0.1, -0.05) is 18.2 Å². The van der Waals surface area contributed by atoms with Crippen LogP contribution in [0, 0.1) is 5.92 Å². The van der Waals surface area contributed by atoms with E-state index in [2.05, 4.69) is 10.6 Å². The highest BCUT2D eigenvalue weighted by Gasteiger charge is 2.37. The van der Waals surface area contributed by atoms with Gasteiger partial charge in [0.25, 0.3) is 0 Å². The van der Waals surface area contributed by atoms with E-state index in [1.807, 2.05) is 30.3 Å². The highest BCUT2D eigenvalue weighted by atomic mass is 16.2. The molecule has 4 amide bonds. The molecule has 0 spiro atoms. The van der Waals surface area contributed by atoms with Crippen molar-refractivity contribution in [1.29, 1.82) is 0 Å². The number of benzene rings is 1. The van der Waals surface area contributed by atoms with Gasteiger partial charge in [0, 0.05) is 38.4 Å². The molecule has 1 aromatic rings. The van der Waals surface area contributed by atoms with Crippen LogP contribution in [0.5, 0.6) is 0 Å². The van der Waals surface area contributed by atoms with Gasteiger partial charge >= 0.3 is 6.03 Å². The van der Waals surface area contributed by atoms with E-state index in [1.165, 1.54) is 0 Å². The zero-order valence-electron chi connectivity index (χ0n) is 12.8. The zero-order chi connectivity index (χ0) is 16.2. The number of anilines is 1. The average molecular weight is 316 g/mol. The number of carbonyl (C=O) groups excluding carboxylic acids is 3. The van der Waals surface area contributed by atoms with Gasteiger partial charge in [-0.2, -0.15) is 0 Å². The van der Waals surface area contributed by atoms with Gasteiger partial charge in [-0.05, 0) is 18.6 Å². The Morgan fingerprint density at radius 1 is 1.22 bits per heavy atom. The fourth-order valence-corrected chi connectivity index (χ4v) is 2.95. The summed E-state index contributed by atoms with van der Waals surface area (Å²) in [6, 6.07) is 9.26. The smallest absolute Gasteiger partial charge is 0.317 e. The summed E-state index contributed by atoms with van der Waals surface area (Å²) in [6.07, 6.45) is 0.518. The summed E-state index contributed by atoms with van der Waals surface area (Å²) < 4.78 is 0. The number of carbonyl (C=O) groups is 3. The average Bonchev–Trinajstić information content (AvgIpc) is 3.14. The molecule has 2 saturated heterocycles. The molecule has 2 N–H and O–H groups in total. The highest BCUT2D eigenvalue weighted by Crippen LogP contribution is 2.24. The molecule has 0 saturated carbocycles. The molecule has 1 atom stereocenters. The van der Waals surface area contributed by atoms with Gasteiger partial charge in [0.2, 0.25) is 11.8 Å². The number of para-hydroxylation sites is 1. The molecule has 0 unspecified atom stereocenters. The third-order valence-corrected chi connectivity index (χ3v) is 4.22. The molecule has 2 aliphatic rings. The van der Waals surface area contributed by atoms with Gasteiger partial charge in [-0.25, -0.2) is 4.79 Å². The van der Waals surface area contributed by atoms with Crippen molar-refractivity contribution in [3.63, 3.8) is 0 Å². The summed E-state index contributed by atoms with van der Waals surface area (Å²) in [5.74, 6) is -1.05. The van der Waals surface area contributed by atoms with Crippen LogP contribution in [0.2, 0.25) is 0 Å². The lowest BCUT2D eigenvalue weighted by Crippen LogP contribution is -2.41. The topological polar surface area (TPSA) is 81.8 Å². The summed E-state index contributed by atoms with van der Waals surface area (Å²) in [6.45, 7) is 2.66. The number of nitrogens with zero attached hydrogens (tertiary/aromatic N) is 2. The summed E-state index contributed by atoms with van der Waals surface area (Å²) in [7, 11) is 0. The second-order valence-electron chi connectivity index (χ2n) is 5.68. The Morgan fingerprint density at radius 3 is 2.70 bits per heavy atom. The first-order valence-corrected chi connectivity index (χ1v) is 7.84.